The predicted octanol–water partition coefficient (Wildman–Crippen LogP) is 1.83. The zero-order valence-corrected chi connectivity index (χ0v) is 11.7. The number of halogens is 1. The molecule has 1 atom stereocenters. The molecule has 1 saturated heterocycles. The Kier molecular flexibility index (Phi) is 4.13. The van der Waals surface area contributed by atoms with Gasteiger partial charge < -0.3 is 5.11 Å². The van der Waals surface area contributed by atoms with Gasteiger partial charge in [0.15, 0.2) is 0 Å². The molecule has 0 radical (unpaired) electrons. The maximum atomic E-state index is 12.4. The molecule has 1 aliphatic rings. The molecule has 0 saturated carbocycles. The molecule has 1 heterocycles. The topological polar surface area (TPSA) is 74.7 Å². The zero-order chi connectivity index (χ0) is 14.0. The van der Waals surface area contributed by atoms with Gasteiger partial charge in [0.2, 0.25) is 10.0 Å². The maximum absolute atomic E-state index is 12.4. The van der Waals surface area contributed by atoms with Crippen LogP contribution in [0.4, 0.5) is 0 Å². The van der Waals surface area contributed by atoms with Crippen LogP contribution in [-0.2, 0) is 14.8 Å². The number of piperidine rings is 1. The van der Waals surface area contributed by atoms with Gasteiger partial charge in [0.1, 0.15) is 0 Å². The number of carbonyl (C=O) groups is 1. The van der Waals surface area contributed by atoms with Crippen LogP contribution in [0.15, 0.2) is 29.2 Å². The standard InChI is InChI=1S/C12H14ClNO4S/c13-10-3-5-11(6-4-10)19(17,18)14-7-1-2-9(8-14)12(15)16/h3-6,9H,1-2,7-8H2,(H,15,16). The summed E-state index contributed by atoms with van der Waals surface area (Å²) in [7, 11) is -3.63. The summed E-state index contributed by atoms with van der Waals surface area (Å²) in [5.41, 5.74) is 0. The average Bonchev–Trinajstić information content (AvgIpc) is 2.39. The van der Waals surface area contributed by atoms with Crippen LogP contribution in [-0.4, -0.2) is 36.9 Å². The Morgan fingerprint density at radius 3 is 2.53 bits per heavy atom. The number of carboxylic acids is 1. The van der Waals surface area contributed by atoms with Gasteiger partial charge in [-0.1, -0.05) is 11.6 Å². The highest BCUT2D eigenvalue weighted by Gasteiger charge is 2.33. The molecule has 0 aliphatic carbocycles. The molecule has 7 heteroatoms. The monoisotopic (exact) mass is 303 g/mol. The van der Waals surface area contributed by atoms with E-state index < -0.39 is 21.9 Å². The van der Waals surface area contributed by atoms with Gasteiger partial charge >= 0.3 is 5.97 Å². The molecule has 104 valence electrons. The first kappa shape index (κ1) is 14.3. The quantitative estimate of drug-likeness (QED) is 0.924. The van der Waals surface area contributed by atoms with E-state index >= 15 is 0 Å². The first-order valence-corrected chi connectivity index (χ1v) is 7.71. The average molecular weight is 304 g/mol. The lowest BCUT2D eigenvalue weighted by Gasteiger charge is -2.29. The third-order valence-electron chi connectivity index (χ3n) is 3.18. The van der Waals surface area contributed by atoms with Gasteiger partial charge in [0.05, 0.1) is 10.8 Å². The van der Waals surface area contributed by atoms with Crippen molar-refractivity contribution >= 4 is 27.6 Å². The summed E-state index contributed by atoms with van der Waals surface area (Å²) in [6.45, 7) is 0.384. The second-order valence-corrected chi connectivity index (χ2v) is 6.87. The minimum atomic E-state index is -3.63. The highest BCUT2D eigenvalue weighted by molar-refractivity contribution is 7.89. The van der Waals surface area contributed by atoms with E-state index in [1.54, 1.807) is 0 Å². The minimum Gasteiger partial charge on any atom is -0.481 e. The lowest BCUT2D eigenvalue weighted by atomic mass is 10.0. The fourth-order valence-electron chi connectivity index (χ4n) is 2.12. The number of rotatable bonds is 3. The Balaban J connectivity index is 2.24. The summed E-state index contributed by atoms with van der Waals surface area (Å²) < 4.78 is 25.9. The summed E-state index contributed by atoms with van der Waals surface area (Å²) in [6, 6.07) is 5.88. The van der Waals surface area contributed by atoms with Crippen LogP contribution in [0.5, 0.6) is 0 Å². The van der Waals surface area contributed by atoms with Gasteiger partial charge in [-0.25, -0.2) is 8.42 Å². The summed E-state index contributed by atoms with van der Waals surface area (Å²) in [6.07, 6.45) is 1.08. The van der Waals surface area contributed by atoms with Crippen molar-refractivity contribution in [2.75, 3.05) is 13.1 Å². The van der Waals surface area contributed by atoms with E-state index in [4.69, 9.17) is 16.7 Å². The van der Waals surface area contributed by atoms with E-state index in [0.29, 0.717) is 24.4 Å². The number of sulfonamides is 1. The van der Waals surface area contributed by atoms with Crippen LogP contribution >= 0.6 is 11.6 Å². The Labute approximate surface area is 116 Å². The van der Waals surface area contributed by atoms with Crippen LogP contribution in [0.2, 0.25) is 5.02 Å². The van der Waals surface area contributed by atoms with Crippen LogP contribution in [0.3, 0.4) is 0 Å². The van der Waals surface area contributed by atoms with E-state index in [-0.39, 0.29) is 11.4 Å². The third-order valence-corrected chi connectivity index (χ3v) is 5.32. The predicted molar refractivity (Wildman–Crippen MR) is 70.6 cm³/mol. The number of aliphatic carboxylic acids is 1. The van der Waals surface area contributed by atoms with Crippen molar-refractivity contribution in [1.29, 1.82) is 0 Å². The fraction of sp³-hybridized carbons (Fsp3) is 0.417. The molecule has 1 N–H and O–H groups in total. The molecular weight excluding hydrogens is 290 g/mol. The van der Waals surface area contributed by atoms with E-state index in [2.05, 4.69) is 0 Å². The van der Waals surface area contributed by atoms with Gasteiger partial charge in [-0.2, -0.15) is 4.31 Å². The number of hydrogen-bond donors (Lipinski definition) is 1. The van der Waals surface area contributed by atoms with Gasteiger partial charge in [-0.15, -0.1) is 0 Å². The van der Waals surface area contributed by atoms with Crippen LogP contribution < -0.4 is 0 Å². The second-order valence-electron chi connectivity index (χ2n) is 4.49. The summed E-state index contributed by atoms with van der Waals surface area (Å²) in [5.74, 6) is -1.58. The molecule has 2 rings (SSSR count). The van der Waals surface area contributed by atoms with Crippen LogP contribution in [0.25, 0.3) is 0 Å². The Morgan fingerprint density at radius 1 is 1.32 bits per heavy atom. The molecule has 19 heavy (non-hydrogen) atoms. The molecule has 1 aromatic carbocycles. The Hall–Kier alpha value is -1.11. The normalized spacial score (nSPS) is 21.2. The van der Waals surface area contributed by atoms with Crippen molar-refractivity contribution in [2.45, 2.75) is 17.7 Å². The minimum absolute atomic E-state index is 0.0281. The summed E-state index contributed by atoms with van der Waals surface area (Å²) in [4.78, 5) is 11.1. The molecule has 5 nitrogen and oxygen atoms in total. The molecule has 0 amide bonds. The molecule has 1 aromatic rings. The third kappa shape index (κ3) is 3.08. The van der Waals surface area contributed by atoms with Crippen molar-refractivity contribution in [2.24, 2.45) is 5.92 Å². The maximum Gasteiger partial charge on any atom is 0.307 e. The molecule has 0 bridgehead atoms. The van der Waals surface area contributed by atoms with Gasteiger partial charge in [0.25, 0.3) is 0 Å². The SMILES string of the molecule is O=C(O)C1CCCN(S(=O)(=O)c2ccc(Cl)cc2)C1. The largest absolute Gasteiger partial charge is 0.481 e. The van der Waals surface area contributed by atoms with Crippen molar-refractivity contribution in [3.05, 3.63) is 29.3 Å². The van der Waals surface area contributed by atoms with Crippen molar-refractivity contribution in [3.63, 3.8) is 0 Å². The van der Waals surface area contributed by atoms with E-state index in [9.17, 15) is 13.2 Å². The molecule has 1 unspecified atom stereocenters. The highest BCUT2D eigenvalue weighted by atomic mass is 35.5. The molecule has 0 spiro atoms. The fourth-order valence-corrected chi connectivity index (χ4v) is 3.77. The highest BCUT2D eigenvalue weighted by Crippen LogP contribution is 2.24. The smallest absolute Gasteiger partial charge is 0.307 e. The summed E-state index contributed by atoms with van der Waals surface area (Å²) >= 11 is 5.73. The first-order chi connectivity index (χ1) is 8.91. The first-order valence-electron chi connectivity index (χ1n) is 5.90. The second kappa shape index (κ2) is 5.48. The van der Waals surface area contributed by atoms with Crippen molar-refractivity contribution < 1.29 is 18.3 Å². The van der Waals surface area contributed by atoms with E-state index in [1.807, 2.05) is 0 Å². The lowest BCUT2D eigenvalue weighted by Crippen LogP contribution is -2.42. The zero-order valence-electron chi connectivity index (χ0n) is 10.1. The van der Waals surface area contributed by atoms with Crippen LogP contribution in [0, 0.1) is 5.92 Å². The number of benzene rings is 1. The molecule has 1 fully saturated rings. The van der Waals surface area contributed by atoms with Gasteiger partial charge in [-0.05, 0) is 37.1 Å². The number of hydrogen-bond acceptors (Lipinski definition) is 3. The van der Waals surface area contributed by atoms with Gasteiger partial charge in [0, 0.05) is 18.1 Å². The van der Waals surface area contributed by atoms with Crippen molar-refractivity contribution in [3.8, 4) is 0 Å². The Morgan fingerprint density at radius 2 is 1.95 bits per heavy atom. The number of nitrogens with zero attached hydrogens (tertiary/aromatic N) is 1. The number of carboxylic acid groups (broad SMARTS) is 1. The van der Waals surface area contributed by atoms with Crippen molar-refractivity contribution in [1.82, 2.24) is 4.31 Å². The summed E-state index contributed by atoms with van der Waals surface area (Å²) in [5, 5.41) is 9.45. The lowest BCUT2D eigenvalue weighted by molar-refractivity contribution is -0.142. The molecular formula is C12H14ClNO4S. The van der Waals surface area contributed by atoms with E-state index in [0.717, 1.165) is 0 Å². The van der Waals surface area contributed by atoms with Crippen LogP contribution in [0.1, 0.15) is 12.8 Å². The molecule has 0 aromatic heterocycles. The molecule has 1 aliphatic heterocycles. The van der Waals surface area contributed by atoms with E-state index in [1.165, 1.54) is 28.6 Å². The Bertz CT molecular complexity index is 570. The van der Waals surface area contributed by atoms with Gasteiger partial charge in [-0.3, -0.25) is 4.79 Å².